The molecule has 0 atom stereocenters. The van der Waals surface area contributed by atoms with Crippen molar-refractivity contribution < 1.29 is 13.2 Å². The quantitative estimate of drug-likeness (QED) is 0.690. The fourth-order valence-corrected chi connectivity index (χ4v) is 3.96. The second-order valence-electron chi connectivity index (χ2n) is 3.54. The van der Waals surface area contributed by atoms with Gasteiger partial charge < -0.3 is 4.74 Å². The Bertz CT molecular complexity index is 264. The van der Waals surface area contributed by atoms with E-state index in [1.807, 2.05) is 6.92 Å². The van der Waals surface area contributed by atoms with Crippen molar-refractivity contribution in [2.24, 2.45) is 0 Å². The molecule has 1 fully saturated rings. The van der Waals surface area contributed by atoms with Gasteiger partial charge in [-0.25, -0.2) is 12.7 Å². The Morgan fingerprint density at radius 3 is 2.47 bits per heavy atom. The topological polar surface area (TPSA) is 46.6 Å². The first-order valence-corrected chi connectivity index (χ1v) is 7.29. The van der Waals surface area contributed by atoms with Crippen molar-refractivity contribution in [2.75, 3.05) is 32.2 Å². The van der Waals surface area contributed by atoms with Crippen LogP contribution in [-0.4, -0.2) is 50.2 Å². The molecule has 4 nitrogen and oxygen atoms in total. The van der Waals surface area contributed by atoms with Gasteiger partial charge in [-0.05, 0) is 12.8 Å². The van der Waals surface area contributed by atoms with E-state index in [9.17, 15) is 8.42 Å². The maximum atomic E-state index is 12.1. The maximum Gasteiger partial charge on any atom is 0.217 e. The molecule has 6 heteroatoms. The van der Waals surface area contributed by atoms with Crippen molar-refractivity contribution in [3.8, 4) is 0 Å². The van der Waals surface area contributed by atoms with Crippen LogP contribution in [0.4, 0.5) is 0 Å². The van der Waals surface area contributed by atoms with Crippen LogP contribution >= 0.6 is 11.6 Å². The van der Waals surface area contributed by atoms with Crippen molar-refractivity contribution in [1.29, 1.82) is 0 Å². The van der Waals surface area contributed by atoms with Gasteiger partial charge in [0.25, 0.3) is 0 Å². The fraction of sp³-hybridized carbons (Fsp3) is 1.00. The number of hydrogen-bond acceptors (Lipinski definition) is 3. The first-order chi connectivity index (χ1) is 7.12. The summed E-state index contributed by atoms with van der Waals surface area (Å²) in [5.41, 5.74) is 0. The van der Waals surface area contributed by atoms with Gasteiger partial charge in [0.2, 0.25) is 10.0 Å². The average molecular weight is 256 g/mol. The van der Waals surface area contributed by atoms with E-state index in [1.54, 1.807) is 0 Å². The second kappa shape index (κ2) is 6.03. The van der Waals surface area contributed by atoms with E-state index in [2.05, 4.69) is 0 Å². The van der Waals surface area contributed by atoms with Gasteiger partial charge in [-0.1, -0.05) is 6.92 Å². The van der Waals surface area contributed by atoms with E-state index in [-0.39, 0.29) is 5.25 Å². The summed E-state index contributed by atoms with van der Waals surface area (Å²) in [4.78, 5) is 0. The van der Waals surface area contributed by atoms with Gasteiger partial charge in [0.1, 0.15) is 0 Å². The summed E-state index contributed by atoms with van der Waals surface area (Å²) in [6.45, 7) is 3.82. The molecule has 1 rings (SSSR count). The molecular weight excluding hydrogens is 238 g/mol. The summed E-state index contributed by atoms with van der Waals surface area (Å²) < 4.78 is 30.9. The molecule has 1 aliphatic rings. The van der Waals surface area contributed by atoms with Gasteiger partial charge in [-0.3, -0.25) is 0 Å². The van der Waals surface area contributed by atoms with Crippen LogP contribution in [-0.2, 0) is 14.8 Å². The van der Waals surface area contributed by atoms with E-state index in [0.29, 0.717) is 45.0 Å². The van der Waals surface area contributed by atoms with Crippen LogP contribution in [0.1, 0.15) is 19.8 Å². The molecule has 0 aromatic heterocycles. The first kappa shape index (κ1) is 13.2. The predicted octanol–water partition coefficient (Wildman–Crippen LogP) is 1.06. The summed E-state index contributed by atoms with van der Waals surface area (Å²) in [6, 6.07) is 0. The highest BCUT2D eigenvalue weighted by atomic mass is 35.5. The number of ether oxygens (including phenoxy) is 1. The molecule has 0 spiro atoms. The predicted molar refractivity (Wildman–Crippen MR) is 60.7 cm³/mol. The molecule has 0 aliphatic carbocycles. The molecule has 0 amide bonds. The van der Waals surface area contributed by atoms with Gasteiger partial charge in [0.15, 0.2) is 0 Å². The number of nitrogens with zero attached hydrogens (tertiary/aromatic N) is 1. The van der Waals surface area contributed by atoms with E-state index >= 15 is 0 Å². The van der Waals surface area contributed by atoms with Crippen LogP contribution in [0.15, 0.2) is 0 Å². The minimum Gasteiger partial charge on any atom is -0.381 e. The SMILES string of the molecule is CCN(CCCl)S(=O)(=O)C1CCOCC1. The van der Waals surface area contributed by atoms with Gasteiger partial charge >= 0.3 is 0 Å². The molecule has 0 aromatic carbocycles. The highest BCUT2D eigenvalue weighted by Crippen LogP contribution is 2.19. The molecule has 0 saturated carbocycles. The standard InChI is InChI=1S/C9H18ClNO3S/c1-2-11(6-5-10)15(12,13)9-3-7-14-8-4-9/h9H,2-8H2,1H3. The Hall–Kier alpha value is 0.160. The third-order valence-electron chi connectivity index (χ3n) is 2.64. The lowest BCUT2D eigenvalue weighted by atomic mass is 10.2. The van der Waals surface area contributed by atoms with Crippen molar-refractivity contribution >= 4 is 21.6 Å². The van der Waals surface area contributed by atoms with Crippen molar-refractivity contribution in [3.63, 3.8) is 0 Å². The van der Waals surface area contributed by atoms with E-state index in [4.69, 9.17) is 16.3 Å². The smallest absolute Gasteiger partial charge is 0.217 e. The molecule has 1 aliphatic heterocycles. The minimum absolute atomic E-state index is 0.283. The van der Waals surface area contributed by atoms with Gasteiger partial charge in [0, 0.05) is 32.2 Å². The van der Waals surface area contributed by atoms with E-state index < -0.39 is 10.0 Å². The van der Waals surface area contributed by atoms with Crippen molar-refractivity contribution in [1.82, 2.24) is 4.31 Å². The van der Waals surface area contributed by atoms with Crippen LogP contribution in [0.25, 0.3) is 0 Å². The number of rotatable bonds is 5. The minimum atomic E-state index is -3.17. The number of halogens is 1. The fourth-order valence-electron chi connectivity index (χ4n) is 1.74. The van der Waals surface area contributed by atoms with Gasteiger partial charge in [-0.2, -0.15) is 0 Å². The molecular formula is C9H18ClNO3S. The average Bonchev–Trinajstić information content (AvgIpc) is 2.27. The van der Waals surface area contributed by atoms with E-state index in [1.165, 1.54) is 4.31 Å². The van der Waals surface area contributed by atoms with Crippen LogP contribution in [0, 0.1) is 0 Å². The Balaban J connectivity index is 2.69. The lowest BCUT2D eigenvalue weighted by Gasteiger charge is -2.28. The molecule has 0 unspecified atom stereocenters. The van der Waals surface area contributed by atoms with Gasteiger partial charge in [0.05, 0.1) is 5.25 Å². The molecule has 0 N–H and O–H groups in total. The van der Waals surface area contributed by atoms with Gasteiger partial charge in [-0.15, -0.1) is 11.6 Å². The number of sulfonamides is 1. The number of alkyl halides is 1. The highest BCUT2D eigenvalue weighted by Gasteiger charge is 2.31. The van der Waals surface area contributed by atoms with Crippen molar-refractivity contribution in [3.05, 3.63) is 0 Å². The summed E-state index contributed by atoms with van der Waals surface area (Å²) in [6.07, 6.45) is 1.20. The van der Waals surface area contributed by atoms with Crippen LogP contribution in [0.2, 0.25) is 0 Å². The summed E-state index contributed by atoms with van der Waals surface area (Å²) in [5, 5.41) is -0.283. The molecule has 15 heavy (non-hydrogen) atoms. The molecule has 1 saturated heterocycles. The zero-order valence-electron chi connectivity index (χ0n) is 8.99. The lowest BCUT2D eigenvalue weighted by molar-refractivity contribution is 0.0973. The highest BCUT2D eigenvalue weighted by molar-refractivity contribution is 7.89. The summed E-state index contributed by atoms with van der Waals surface area (Å²) in [5.74, 6) is 0.344. The zero-order chi connectivity index (χ0) is 11.3. The van der Waals surface area contributed by atoms with Crippen LogP contribution < -0.4 is 0 Å². The Morgan fingerprint density at radius 1 is 1.40 bits per heavy atom. The molecule has 0 aromatic rings. The monoisotopic (exact) mass is 255 g/mol. The zero-order valence-corrected chi connectivity index (χ0v) is 10.6. The van der Waals surface area contributed by atoms with E-state index in [0.717, 1.165) is 0 Å². The third kappa shape index (κ3) is 3.31. The Labute approximate surface area is 96.6 Å². The van der Waals surface area contributed by atoms with Crippen molar-refractivity contribution in [2.45, 2.75) is 25.0 Å². The third-order valence-corrected chi connectivity index (χ3v) is 5.28. The Kier molecular flexibility index (Phi) is 5.32. The lowest BCUT2D eigenvalue weighted by Crippen LogP contribution is -2.42. The van der Waals surface area contributed by atoms with Crippen LogP contribution in [0.5, 0.6) is 0 Å². The largest absolute Gasteiger partial charge is 0.381 e. The second-order valence-corrected chi connectivity index (χ2v) is 6.13. The maximum absolute atomic E-state index is 12.1. The van der Waals surface area contributed by atoms with Crippen LogP contribution in [0.3, 0.4) is 0 Å². The first-order valence-electron chi connectivity index (χ1n) is 5.25. The summed E-state index contributed by atoms with van der Waals surface area (Å²) >= 11 is 5.59. The Morgan fingerprint density at radius 2 is 2.00 bits per heavy atom. The molecule has 0 radical (unpaired) electrons. The normalized spacial score (nSPS) is 19.7. The summed E-state index contributed by atoms with van der Waals surface area (Å²) in [7, 11) is -3.17. The molecule has 0 bridgehead atoms. The molecule has 1 heterocycles. The number of hydrogen-bond donors (Lipinski definition) is 0. The molecule has 90 valence electrons.